The van der Waals surface area contributed by atoms with E-state index in [0.717, 1.165) is 6.42 Å². The van der Waals surface area contributed by atoms with Gasteiger partial charge in [0, 0.05) is 6.54 Å². The Hall–Kier alpha value is -0.440. The van der Waals surface area contributed by atoms with Crippen molar-refractivity contribution in [3.63, 3.8) is 0 Å². The average Bonchev–Trinajstić information content (AvgIpc) is 2.29. The van der Waals surface area contributed by atoms with Crippen LogP contribution in [0.4, 0.5) is 0 Å². The summed E-state index contributed by atoms with van der Waals surface area (Å²) in [5.41, 5.74) is 0.370. The lowest BCUT2D eigenvalue weighted by atomic mass is 10.2. The molecule has 16 heavy (non-hydrogen) atoms. The van der Waals surface area contributed by atoms with Crippen LogP contribution in [0.2, 0.25) is 10.0 Å². The highest BCUT2D eigenvalue weighted by molar-refractivity contribution is 6.43. The molecule has 5 heteroatoms. The molecule has 1 aromatic rings. The summed E-state index contributed by atoms with van der Waals surface area (Å²) in [6.45, 7) is 2.37. The normalized spacial score (nSPS) is 12.2. The molecule has 0 aromatic heterocycles. The Kier molecular flexibility index (Phi) is 5.39. The quantitative estimate of drug-likeness (QED) is 0.836. The number of hydrogen-bond acceptors (Lipinski definition) is 1. The average molecular weight is 281 g/mol. The molecule has 0 aliphatic carbocycles. The van der Waals surface area contributed by atoms with E-state index in [1.54, 1.807) is 18.2 Å². The van der Waals surface area contributed by atoms with Crippen molar-refractivity contribution in [2.45, 2.75) is 18.7 Å². The fraction of sp³-hybridized carbons (Fsp3) is 0.364. The standard InChI is InChI=1S/C11H12Cl3NO/c1-2-7(12)6-15-11(16)8-4-3-5-9(13)10(8)14/h3-5,7H,2,6H2,1H3,(H,15,16). The van der Waals surface area contributed by atoms with E-state index in [9.17, 15) is 4.79 Å². The lowest BCUT2D eigenvalue weighted by Gasteiger charge is -2.09. The molecule has 1 atom stereocenters. The Morgan fingerprint density at radius 1 is 1.44 bits per heavy atom. The molecule has 2 nitrogen and oxygen atoms in total. The Bertz CT molecular complexity index is 381. The monoisotopic (exact) mass is 279 g/mol. The van der Waals surface area contributed by atoms with Gasteiger partial charge in [-0.05, 0) is 18.6 Å². The summed E-state index contributed by atoms with van der Waals surface area (Å²) < 4.78 is 0. The molecular formula is C11H12Cl3NO. The Morgan fingerprint density at radius 2 is 2.12 bits per heavy atom. The smallest absolute Gasteiger partial charge is 0.252 e. The van der Waals surface area contributed by atoms with Gasteiger partial charge in [0.1, 0.15) is 0 Å². The van der Waals surface area contributed by atoms with Crippen LogP contribution in [-0.2, 0) is 0 Å². The molecule has 1 N–H and O–H groups in total. The first-order valence-electron chi connectivity index (χ1n) is 4.92. The first-order valence-corrected chi connectivity index (χ1v) is 6.11. The van der Waals surface area contributed by atoms with E-state index in [1.807, 2.05) is 6.92 Å². The predicted octanol–water partition coefficient (Wildman–Crippen LogP) is 3.74. The number of halogens is 3. The molecular weight excluding hydrogens is 268 g/mol. The maximum absolute atomic E-state index is 11.7. The molecule has 1 unspecified atom stereocenters. The van der Waals surface area contributed by atoms with Crippen LogP contribution in [-0.4, -0.2) is 17.8 Å². The van der Waals surface area contributed by atoms with Gasteiger partial charge in [0.25, 0.3) is 5.91 Å². The lowest BCUT2D eigenvalue weighted by Crippen LogP contribution is -2.29. The molecule has 0 saturated heterocycles. The summed E-state index contributed by atoms with van der Waals surface area (Å²) in [5.74, 6) is -0.258. The third-order valence-corrected chi connectivity index (χ3v) is 3.41. The van der Waals surface area contributed by atoms with Gasteiger partial charge in [0.15, 0.2) is 0 Å². The molecule has 0 radical (unpaired) electrons. The fourth-order valence-electron chi connectivity index (χ4n) is 1.12. The first kappa shape index (κ1) is 13.6. The highest BCUT2D eigenvalue weighted by Crippen LogP contribution is 2.25. The van der Waals surface area contributed by atoms with Crippen LogP contribution in [0.15, 0.2) is 18.2 Å². The zero-order chi connectivity index (χ0) is 12.1. The molecule has 0 bridgehead atoms. The Labute approximate surface area is 110 Å². The zero-order valence-electron chi connectivity index (χ0n) is 8.77. The van der Waals surface area contributed by atoms with Gasteiger partial charge in [0.05, 0.1) is 21.0 Å². The summed E-state index contributed by atoms with van der Waals surface area (Å²) in [6.07, 6.45) is 0.797. The number of nitrogens with one attached hydrogen (secondary N) is 1. The summed E-state index contributed by atoms with van der Waals surface area (Å²) in [5, 5.41) is 3.27. The summed E-state index contributed by atoms with van der Waals surface area (Å²) in [6, 6.07) is 4.94. The van der Waals surface area contributed by atoms with E-state index in [2.05, 4.69) is 5.32 Å². The molecule has 0 saturated carbocycles. The molecule has 88 valence electrons. The number of amides is 1. The minimum Gasteiger partial charge on any atom is -0.351 e. The summed E-state index contributed by atoms with van der Waals surface area (Å²) >= 11 is 17.6. The van der Waals surface area contributed by atoms with E-state index in [-0.39, 0.29) is 16.3 Å². The minimum atomic E-state index is -0.258. The Morgan fingerprint density at radius 3 is 2.75 bits per heavy atom. The van der Waals surface area contributed by atoms with Gasteiger partial charge in [0.2, 0.25) is 0 Å². The number of rotatable bonds is 4. The van der Waals surface area contributed by atoms with Crippen molar-refractivity contribution in [1.29, 1.82) is 0 Å². The van der Waals surface area contributed by atoms with Crippen LogP contribution in [0.1, 0.15) is 23.7 Å². The van der Waals surface area contributed by atoms with Crippen molar-refractivity contribution in [2.24, 2.45) is 0 Å². The van der Waals surface area contributed by atoms with Gasteiger partial charge in [-0.2, -0.15) is 0 Å². The summed E-state index contributed by atoms with van der Waals surface area (Å²) in [7, 11) is 0. The molecule has 1 amide bonds. The Balaban J connectivity index is 2.70. The maximum Gasteiger partial charge on any atom is 0.252 e. The number of carbonyl (C=O) groups is 1. The highest BCUT2D eigenvalue weighted by atomic mass is 35.5. The third kappa shape index (κ3) is 3.55. The molecule has 1 rings (SSSR count). The third-order valence-electron chi connectivity index (χ3n) is 2.12. The molecule has 0 aliphatic heterocycles. The minimum absolute atomic E-state index is 0.0677. The highest BCUT2D eigenvalue weighted by Gasteiger charge is 2.13. The van der Waals surface area contributed by atoms with E-state index in [4.69, 9.17) is 34.8 Å². The van der Waals surface area contributed by atoms with Gasteiger partial charge in [-0.25, -0.2) is 0 Å². The van der Waals surface area contributed by atoms with Crippen LogP contribution in [0.3, 0.4) is 0 Å². The van der Waals surface area contributed by atoms with Gasteiger partial charge < -0.3 is 5.32 Å². The molecule has 0 fully saturated rings. The van der Waals surface area contributed by atoms with Crippen molar-refractivity contribution < 1.29 is 4.79 Å². The number of hydrogen-bond donors (Lipinski definition) is 1. The van der Waals surface area contributed by atoms with E-state index in [1.165, 1.54) is 0 Å². The molecule has 0 aliphatic rings. The zero-order valence-corrected chi connectivity index (χ0v) is 11.0. The number of alkyl halides is 1. The van der Waals surface area contributed by atoms with Crippen LogP contribution >= 0.6 is 34.8 Å². The van der Waals surface area contributed by atoms with Crippen molar-refractivity contribution in [2.75, 3.05) is 6.54 Å². The first-order chi connectivity index (χ1) is 7.56. The van der Waals surface area contributed by atoms with Crippen LogP contribution in [0.25, 0.3) is 0 Å². The van der Waals surface area contributed by atoms with Gasteiger partial charge in [-0.3, -0.25) is 4.79 Å². The molecule has 0 heterocycles. The second-order valence-corrected chi connectivity index (χ2v) is 4.72. The fourth-order valence-corrected chi connectivity index (χ4v) is 1.59. The van der Waals surface area contributed by atoms with Gasteiger partial charge in [-0.1, -0.05) is 36.2 Å². The van der Waals surface area contributed by atoms with Crippen LogP contribution in [0.5, 0.6) is 0 Å². The number of benzene rings is 1. The predicted molar refractivity (Wildman–Crippen MR) is 68.7 cm³/mol. The van der Waals surface area contributed by atoms with Crippen molar-refractivity contribution >= 4 is 40.7 Å². The SMILES string of the molecule is CCC(Cl)CNC(=O)c1cccc(Cl)c1Cl. The van der Waals surface area contributed by atoms with E-state index < -0.39 is 0 Å². The maximum atomic E-state index is 11.7. The second-order valence-electron chi connectivity index (χ2n) is 3.32. The summed E-state index contributed by atoms with van der Waals surface area (Å²) in [4.78, 5) is 11.7. The van der Waals surface area contributed by atoms with Crippen LogP contribution < -0.4 is 5.32 Å². The van der Waals surface area contributed by atoms with Gasteiger partial charge in [-0.15, -0.1) is 11.6 Å². The van der Waals surface area contributed by atoms with Crippen molar-refractivity contribution in [3.8, 4) is 0 Å². The lowest BCUT2D eigenvalue weighted by molar-refractivity contribution is 0.0953. The largest absolute Gasteiger partial charge is 0.351 e. The second kappa shape index (κ2) is 6.33. The van der Waals surface area contributed by atoms with Crippen molar-refractivity contribution in [3.05, 3.63) is 33.8 Å². The number of carbonyl (C=O) groups excluding carboxylic acids is 1. The van der Waals surface area contributed by atoms with Crippen molar-refractivity contribution in [1.82, 2.24) is 5.32 Å². The van der Waals surface area contributed by atoms with E-state index in [0.29, 0.717) is 17.1 Å². The van der Waals surface area contributed by atoms with Crippen LogP contribution in [0, 0.1) is 0 Å². The molecule has 0 spiro atoms. The van der Waals surface area contributed by atoms with E-state index >= 15 is 0 Å². The van der Waals surface area contributed by atoms with Gasteiger partial charge >= 0.3 is 0 Å². The molecule has 1 aromatic carbocycles. The topological polar surface area (TPSA) is 29.1 Å².